The zero-order chi connectivity index (χ0) is 13.1. The summed E-state index contributed by atoms with van der Waals surface area (Å²) < 4.78 is 25.9. The van der Waals surface area contributed by atoms with Gasteiger partial charge >= 0.3 is 0 Å². The second-order valence-electron chi connectivity index (χ2n) is 3.83. The van der Waals surface area contributed by atoms with Crippen molar-refractivity contribution in [2.24, 2.45) is 0 Å². The topological polar surface area (TPSA) is 42.0 Å². The standard InChI is InChI=1S/C13H10F2N2O/c1-8-2-3-12(16-7-8)17-13(18)9-4-10(14)6-11(15)5-9/h2-7H,1H3,(H,16,17,18). The largest absolute Gasteiger partial charge is 0.307 e. The fraction of sp³-hybridized carbons (Fsp3) is 0.0769. The molecular formula is C13H10F2N2O. The van der Waals surface area contributed by atoms with Crippen LogP contribution in [0, 0.1) is 18.6 Å². The lowest BCUT2D eigenvalue weighted by Crippen LogP contribution is -2.13. The van der Waals surface area contributed by atoms with Crippen molar-refractivity contribution < 1.29 is 13.6 Å². The van der Waals surface area contributed by atoms with Gasteiger partial charge < -0.3 is 5.32 Å². The van der Waals surface area contributed by atoms with Crippen molar-refractivity contribution in [3.05, 3.63) is 59.3 Å². The van der Waals surface area contributed by atoms with Gasteiger partial charge in [0.1, 0.15) is 17.5 Å². The molecule has 0 spiro atoms. The van der Waals surface area contributed by atoms with Crippen molar-refractivity contribution in [2.75, 3.05) is 5.32 Å². The molecule has 2 aromatic rings. The average molecular weight is 248 g/mol. The quantitative estimate of drug-likeness (QED) is 0.887. The smallest absolute Gasteiger partial charge is 0.257 e. The van der Waals surface area contributed by atoms with E-state index >= 15 is 0 Å². The van der Waals surface area contributed by atoms with E-state index in [0.717, 1.165) is 17.7 Å². The molecule has 2 rings (SSSR count). The van der Waals surface area contributed by atoms with Crippen LogP contribution >= 0.6 is 0 Å². The maximum Gasteiger partial charge on any atom is 0.257 e. The Morgan fingerprint density at radius 3 is 2.39 bits per heavy atom. The molecule has 0 saturated heterocycles. The third-order valence-corrected chi connectivity index (χ3v) is 2.28. The van der Waals surface area contributed by atoms with Gasteiger partial charge in [-0.2, -0.15) is 0 Å². The molecule has 0 saturated carbocycles. The molecule has 1 N–H and O–H groups in total. The maximum atomic E-state index is 12.9. The van der Waals surface area contributed by atoms with Crippen LogP contribution < -0.4 is 5.32 Å². The van der Waals surface area contributed by atoms with Gasteiger partial charge in [0.25, 0.3) is 5.91 Å². The Bertz CT molecular complexity index is 562. The highest BCUT2D eigenvalue weighted by Gasteiger charge is 2.09. The molecule has 3 nitrogen and oxygen atoms in total. The molecule has 0 aliphatic heterocycles. The summed E-state index contributed by atoms with van der Waals surface area (Å²) in [5, 5.41) is 2.46. The molecule has 0 bridgehead atoms. The summed E-state index contributed by atoms with van der Waals surface area (Å²) in [5.74, 6) is -1.87. The summed E-state index contributed by atoms with van der Waals surface area (Å²) in [6.45, 7) is 1.86. The number of pyridine rings is 1. The second-order valence-corrected chi connectivity index (χ2v) is 3.83. The molecule has 0 atom stereocenters. The fourth-order valence-corrected chi connectivity index (χ4v) is 1.42. The molecule has 1 amide bonds. The Hall–Kier alpha value is -2.30. The number of carbonyl (C=O) groups excluding carboxylic acids is 1. The molecule has 0 radical (unpaired) electrons. The first-order valence-electron chi connectivity index (χ1n) is 5.25. The lowest BCUT2D eigenvalue weighted by Gasteiger charge is -2.05. The van der Waals surface area contributed by atoms with Crippen LogP contribution in [0.25, 0.3) is 0 Å². The molecule has 1 heterocycles. The van der Waals surface area contributed by atoms with Crippen LogP contribution in [-0.4, -0.2) is 10.9 Å². The lowest BCUT2D eigenvalue weighted by atomic mass is 10.2. The van der Waals surface area contributed by atoms with Crippen LogP contribution in [0.5, 0.6) is 0 Å². The third-order valence-electron chi connectivity index (χ3n) is 2.28. The Kier molecular flexibility index (Phi) is 3.32. The van der Waals surface area contributed by atoms with Gasteiger partial charge in [-0.15, -0.1) is 0 Å². The first-order valence-corrected chi connectivity index (χ1v) is 5.25. The Morgan fingerprint density at radius 1 is 1.17 bits per heavy atom. The maximum absolute atomic E-state index is 12.9. The molecule has 1 aromatic heterocycles. The summed E-state index contributed by atoms with van der Waals surface area (Å²) in [4.78, 5) is 15.7. The number of benzene rings is 1. The van der Waals surface area contributed by atoms with Crippen LogP contribution in [0.2, 0.25) is 0 Å². The first-order chi connectivity index (χ1) is 8.54. The highest BCUT2D eigenvalue weighted by molar-refractivity contribution is 6.03. The van der Waals surface area contributed by atoms with Gasteiger partial charge in [-0.05, 0) is 30.7 Å². The number of nitrogens with zero attached hydrogens (tertiary/aromatic N) is 1. The van der Waals surface area contributed by atoms with Crippen LogP contribution in [0.4, 0.5) is 14.6 Å². The van der Waals surface area contributed by atoms with Crippen molar-refractivity contribution in [3.8, 4) is 0 Å². The van der Waals surface area contributed by atoms with Gasteiger partial charge in [0, 0.05) is 17.8 Å². The number of aryl methyl sites for hydroxylation is 1. The molecule has 92 valence electrons. The number of rotatable bonds is 2. The first kappa shape index (κ1) is 12.2. The summed E-state index contributed by atoms with van der Waals surface area (Å²) >= 11 is 0. The monoisotopic (exact) mass is 248 g/mol. The van der Waals surface area contributed by atoms with E-state index in [1.165, 1.54) is 0 Å². The molecule has 0 aliphatic carbocycles. The van der Waals surface area contributed by atoms with Gasteiger partial charge in [0.05, 0.1) is 0 Å². The van der Waals surface area contributed by atoms with Crippen LogP contribution in [0.3, 0.4) is 0 Å². The second kappa shape index (κ2) is 4.91. The van der Waals surface area contributed by atoms with Gasteiger partial charge in [-0.1, -0.05) is 6.07 Å². The van der Waals surface area contributed by atoms with Crippen LogP contribution in [-0.2, 0) is 0 Å². The zero-order valence-corrected chi connectivity index (χ0v) is 9.58. The number of carbonyl (C=O) groups is 1. The van der Waals surface area contributed by atoms with E-state index in [4.69, 9.17) is 0 Å². The number of nitrogens with one attached hydrogen (secondary N) is 1. The summed E-state index contributed by atoms with van der Waals surface area (Å²) in [7, 11) is 0. The average Bonchev–Trinajstić information content (AvgIpc) is 2.31. The number of aromatic nitrogens is 1. The third kappa shape index (κ3) is 2.88. The molecular weight excluding hydrogens is 238 g/mol. The van der Waals surface area contributed by atoms with Crippen molar-refractivity contribution in [2.45, 2.75) is 6.92 Å². The number of anilines is 1. The van der Waals surface area contributed by atoms with E-state index in [1.54, 1.807) is 18.3 Å². The Labute approximate surface area is 102 Å². The highest BCUT2D eigenvalue weighted by atomic mass is 19.1. The van der Waals surface area contributed by atoms with E-state index < -0.39 is 17.5 Å². The van der Waals surface area contributed by atoms with E-state index in [9.17, 15) is 13.6 Å². The van der Waals surface area contributed by atoms with Gasteiger partial charge in [0.15, 0.2) is 0 Å². The number of amides is 1. The molecule has 0 aliphatic rings. The fourth-order valence-electron chi connectivity index (χ4n) is 1.42. The van der Waals surface area contributed by atoms with Crippen molar-refractivity contribution >= 4 is 11.7 Å². The normalized spacial score (nSPS) is 10.2. The summed E-state index contributed by atoms with van der Waals surface area (Å²) in [5.41, 5.74) is 0.861. The molecule has 1 aromatic carbocycles. The molecule has 18 heavy (non-hydrogen) atoms. The predicted octanol–water partition coefficient (Wildman–Crippen LogP) is 2.92. The van der Waals surface area contributed by atoms with E-state index in [0.29, 0.717) is 11.9 Å². The minimum absolute atomic E-state index is 0.0881. The zero-order valence-electron chi connectivity index (χ0n) is 9.58. The van der Waals surface area contributed by atoms with E-state index in [-0.39, 0.29) is 5.56 Å². The Balaban J connectivity index is 2.19. The van der Waals surface area contributed by atoms with Crippen molar-refractivity contribution in [1.82, 2.24) is 4.98 Å². The number of hydrogen-bond acceptors (Lipinski definition) is 2. The summed E-state index contributed by atoms with van der Waals surface area (Å²) in [6.07, 6.45) is 1.59. The molecule has 0 unspecified atom stereocenters. The summed E-state index contributed by atoms with van der Waals surface area (Å²) in [6, 6.07) is 6.03. The minimum atomic E-state index is -0.794. The van der Waals surface area contributed by atoms with Crippen molar-refractivity contribution in [1.29, 1.82) is 0 Å². The molecule has 5 heteroatoms. The number of hydrogen-bond donors (Lipinski definition) is 1. The lowest BCUT2D eigenvalue weighted by molar-refractivity contribution is 0.102. The predicted molar refractivity (Wildman–Crippen MR) is 63.3 cm³/mol. The number of halogens is 2. The van der Waals surface area contributed by atoms with Crippen LogP contribution in [0.1, 0.15) is 15.9 Å². The van der Waals surface area contributed by atoms with Gasteiger partial charge in [0.2, 0.25) is 0 Å². The SMILES string of the molecule is Cc1ccc(NC(=O)c2cc(F)cc(F)c2)nc1. The van der Waals surface area contributed by atoms with Crippen molar-refractivity contribution in [3.63, 3.8) is 0 Å². The van der Waals surface area contributed by atoms with E-state index in [1.807, 2.05) is 6.92 Å². The molecule has 0 fully saturated rings. The Morgan fingerprint density at radius 2 is 1.83 bits per heavy atom. The van der Waals surface area contributed by atoms with Gasteiger partial charge in [-0.3, -0.25) is 4.79 Å². The minimum Gasteiger partial charge on any atom is -0.307 e. The van der Waals surface area contributed by atoms with Crippen LogP contribution in [0.15, 0.2) is 36.5 Å². The highest BCUT2D eigenvalue weighted by Crippen LogP contribution is 2.11. The van der Waals surface area contributed by atoms with Gasteiger partial charge in [-0.25, -0.2) is 13.8 Å². The van der Waals surface area contributed by atoms with E-state index in [2.05, 4.69) is 10.3 Å².